The Labute approximate surface area is 103 Å². The van der Waals surface area contributed by atoms with Crippen molar-refractivity contribution in [3.05, 3.63) is 18.0 Å². The SMILES string of the molecule is C[C@H]1CN(c2nccc(C(C)(C)C)n2)CCN1. The molecule has 0 spiro atoms. The van der Waals surface area contributed by atoms with Crippen molar-refractivity contribution in [3.8, 4) is 0 Å². The molecule has 4 nitrogen and oxygen atoms in total. The highest BCUT2D eigenvalue weighted by atomic mass is 15.3. The molecule has 0 aromatic carbocycles. The van der Waals surface area contributed by atoms with Crippen LogP contribution in [0.1, 0.15) is 33.4 Å². The molecule has 1 fully saturated rings. The minimum Gasteiger partial charge on any atom is -0.338 e. The fourth-order valence-corrected chi connectivity index (χ4v) is 2.03. The van der Waals surface area contributed by atoms with E-state index in [9.17, 15) is 0 Å². The maximum Gasteiger partial charge on any atom is 0.225 e. The van der Waals surface area contributed by atoms with Crippen LogP contribution in [0.3, 0.4) is 0 Å². The molecule has 0 amide bonds. The van der Waals surface area contributed by atoms with Crippen LogP contribution in [0.2, 0.25) is 0 Å². The third-order valence-corrected chi connectivity index (χ3v) is 3.06. The van der Waals surface area contributed by atoms with E-state index in [1.807, 2.05) is 12.3 Å². The first-order valence-electron chi connectivity index (χ1n) is 6.28. The Morgan fingerprint density at radius 1 is 1.41 bits per heavy atom. The van der Waals surface area contributed by atoms with Gasteiger partial charge < -0.3 is 10.2 Å². The summed E-state index contributed by atoms with van der Waals surface area (Å²) in [7, 11) is 0. The lowest BCUT2D eigenvalue weighted by Crippen LogP contribution is -2.49. The van der Waals surface area contributed by atoms with E-state index < -0.39 is 0 Å². The van der Waals surface area contributed by atoms with Gasteiger partial charge in [-0.3, -0.25) is 0 Å². The normalized spacial score (nSPS) is 21.6. The number of hydrogen-bond donors (Lipinski definition) is 1. The van der Waals surface area contributed by atoms with Crippen molar-refractivity contribution in [2.45, 2.75) is 39.2 Å². The van der Waals surface area contributed by atoms with Crippen LogP contribution in [0, 0.1) is 0 Å². The minimum atomic E-state index is 0.0807. The first kappa shape index (κ1) is 12.3. The van der Waals surface area contributed by atoms with Gasteiger partial charge in [-0.2, -0.15) is 0 Å². The van der Waals surface area contributed by atoms with Crippen molar-refractivity contribution in [2.24, 2.45) is 0 Å². The van der Waals surface area contributed by atoms with E-state index in [1.54, 1.807) is 0 Å². The van der Waals surface area contributed by atoms with Gasteiger partial charge in [-0.15, -0.1) is 0 Å². The molecule has 0 aliphatic carbocycles. The molecule has 17 heavy (non-hydrogen) atoms. The lowest BCUT2D eigenvalue weighted by molar-refractivity contribution is 0.477. The van der Waals surface area contributed by atoms with E-state index in [0.29, 0.717) is 6.04 Å². The largest absolute Gasteiger partial charge is 0.338 e. The minimum absolute atomic E-state index is 0.0807. The first-order chi connectivity index (χ1) is 7.97. The Bertz CT molecular complexity index is 383. The van der Waals surface area contributed by atoms with Crippen LogP contribution < -0.4 is 10.2 Å². The highest BCUT2D eigenvalue weighted by Gasteiger charge is 2.21. The van der Waals surface area contributed by atoms with Gasteiger partial charge in [0.1, 0.15) is 0 Å². The van der Waals surface area contributed by atoms with Gasteiger partial charge in [0.05, 0.1) is 5.69 Å². The Morgan fingerprint density at radius 3 is 2.82 bits per heavy atom. The van der Waals surface area contributed by atoms with Crippen molar-refractivity contribution in [2.75, 3.05) is 24.5 Å². The maximum atomic E-state index is 4.69. The van der Waals surface area contributed by atoms with Crippen LogP contribution >= 0.6 is 0 Å². The molecule has 1 aliphatic rings. The van der Waals surface area contributed by atoms with Gasteiger partial charge in [0.2, 0.25) is 5.95 Å². The van der Waals surface area contributed by atoms with Crippen LogP contribution in [0.4, 0.5) is 5.95 Å². The molecule has 0 saturated carbocycles. The van der Waals surface area contributed by atoms with Crippen LogP contribution in [-0.2, 0) is 5.41 Å². The topological polar surface area (TPSA) is 41.1 Å². The molecular formula is C13H22N4. The zero-order valence-corrected chi connectivity index (χ0v) is 11.2. The highest BCUT2D eigenvalue weighted by molar-refractivity contribution is 5.33. The summed E-state index contributed by atoms with van der Waals surface area (Å²) in [5.74, 6) is 0.866. The van der Waals surface area contributed by atoms with Crippen molar-refractivity contribution in [1.29, 1.82) is 0 Å². The van der Waals surface area contributed by atoms with Crippen molar-refractivity contribution in [1.82, 2.24) is 15.3 Å². The van der Waals surface area contributed by atoms with Gasteiger partial charge in [-0.25, -0.2) is 9.97 Å². The zero-order valence-electron chi connectivity index (χ0n) is 11.2. The van der Waals surface area contributed by atoms with Gasteiger partial charge in [0.15, 0.2) is 0 Å². The summed E-state index contributed by atoms with van der Waals surface area (Å²) in [6.07, 6.45) is 1.87. The molecule has 94 valence electrons. The Kier molecular flexibility index (Phi) is 3.33. The molecule has 2 heterocycles. The van der Waals surface area contributed by atoms with E-state index in [1.165, 1.54) is 0 Å². The fraction of sp³-hybridized carbons (Fsp3) is 0.692. The number of aromatic nitrogens is 2. The van der Waals surface area contributed by atoms with Crippen molar-refractivity contribution < 1.29 is 0 Å². The van der Waals surface area contributed by atoms with Gasteiger partial charge in [0, 0.05) is 37.3 Å². The average Bonchev–Trinajstić information content (AvgIpc) is 2.28. The number of nitrogens with one attached hydrogen (secondary N) is 1. The van der Waals surface area contributed by atoms with Gasteiger partial charge >= 0.3 is 0 Å². The number of nitrogens with zero attached hydrogens (tertiary/aromatic N) is 3. The van der Waals surface area contributed by atoms with Gasteiger partial charge in [-0.1, -0.05) is 20.8 Å². The van der Waals surface area contributed by atoms with E-state index >= 15 is 0 Å². The molecule has 1 aromatic heterocycles. The van der Waals surface area contributed by atoms with E-state index in [0.717, 1.165) is 31.3 Å². The second kappa shape index (κ2) is 4.61. The van der Waals surface area contributed by atoms with Crippen LogP contribution in [0.15, 0.2) is 12.3 Å². The summed E-state index contributed by atoms with van der Waals surface area (Å²) in [6.45, 7) is 11.7. The summed E-state index contributed by atoms with van der Waals surface area (Å²) >= 11 is 0. The van der Waals surface area contributed by atoms with Crippen LogP contribution in [0.5, 0.6) is 0 Å². The smallest absolute Gasteiger partial charge is 0.225 e. The second-order valence-corrected chi connectivity index (χ2v) is 5.79. The number of hydrogen-bond acceptors (Lipinski definition) is 4. The third-order valence-electron chi connectivity index (χ3n) is 3.06. The standard InChI is InChI=1S/C13H22N4/c1-10-9-17(8-7-14-10)12-15-6-5-11(16-12)13(2,3)4/h5-6,10,14H,7-9H2,1-4H3/t10-/m0/s1. The lowest BCUT2D eigenvalue weighted by atomic mass is 9.92. The Balaban J connectivity index is 2.21. The van der Waals surface area contributed by atoms with Gasteiger partial charge in [-0.05, 0) is 13.0 Å². The third kappa shape index (κ3) is 2.94. The number of rotatable bonds is 1. The number of anilines is 1. The van der Waals surface area contributed by atoms with Gasteiger partial charge in [0.25, 0.3) is 0 Å². The van der Waals surface area contributed by atoms with Crippen molar-refractivity contribution in [3.63, 3.8) is 0 Å². The monoisotopic (exact) mass is 234 g/mol. The quantitative estimate of drug-likeness (QED) is 0.801. The molecule has 0 unspecified atom stereocenters. The maximum absolute atomic E-state index is 4.69. The molecule has 0 bridgehead atoms. The molecular weight excluding hydrogens is 212 g/mol. The molecule has 0 radical (unpaired) electrons. The predicted molar refractivity (Wildman–Crippen MR) is 70.4 cm³/mol. The van der Waals surface area contributed by atoms with Crippen LogP contribution in [0.25, 0.3) is 0 Å². The molecule has 1 N–H and O–H groups in total. The van der Waals surface area contributed by atoms with Crippen LogP contribution in [-0.4, -0.2) is 35.6 Å². The molecule has 2 rings (SSSR count). The summed E-state index contributed by atoms with van der Waals surface area (Å²) in [5, 5.41) is 3.43. The van der Waals surface area contributed by atoms with E-state index in [-0.39, 0.29) is 5.41 Å². The molecule has 1 aromatic rings. The highest BCUT2D eigenvalue weighted by Crippen LogP contribution is 2.21. The molecule has 1 atom stereocenters. The zero-order chi connectivity index (χ0) is 12.5. The van der Waals surface area contributed by atoms with E-state index in [4.69, 9.17) is 0 Å². The van der Waals surface area contributed by atoms with E-state index in [2.05, 4.69) is 47.9 Å². The number of piperazine rings is 1. The Morgan fingerprint density at radius 2 is 2.18 bits per heavy atom. The Hall–Kier alpha value is -1.16. The second-order valence-electron chi connectivity index (χ2n) is 5.79. The predicted octanol–water partition coefficient (Wildman–Crippen LogP) is 1.57. The molecule has 1 aliphatic heterocycles. The summed E-state index contributed by atoms with van der Waals surface area (Å²) in [5.41, 5.74) is 1.19. The average molecular weight is 234 g/mol. The van der Waals surface area contributed by atoms with Crippen molar-refractivity contribution >= 4 is 5.95 Å². The molecule has 4 heteroatoms. The lowest BCUT2D eigenvalue weighted by Gasteiger charge is -2.32. The summed E-state index contributed by atoms with van der Waals surface area (Å²) in [4.78, 5) is 11.3. The first-order valence-corrected chi connectivity index (χ1v) is 6.28. The summed E-state index contributed by atoms with van der Waals surface area (Å²) in [6, 6.07) is 2.51. The molecule has 1 saturated heterocycles. The summed E-state index contributed by atoms with van der Waals surface area (Å²) < 4.78 is 0. The fourth-order valence-electron chi connectivity index (χ4n) is 2.03.